The molecule has 0 saturated carbocycles. The topological polar surface area (TPSA) is 76.7 Å². The van der Waals surface area contributed by atoms with Crippen LogP contribution < -0.4 is 19.5 Å². The average molecular weight is 531 g/mol. The van der Waals surface area contributed by atoms with E-state index in [2.05, 4.69) is 22.2 Å². The van der Waals surface area contributed by atoms with Crippen molar-refractivity contribution in [2.75, 3.05) is 24.3 Å². The monoisotopic (exact) mass is 530 g/mol. The second-order valence-electron chi connectivity index (χ2n) is 8.99. The Morgan fingerprint density at radius 2 is 1.76 bits per heavy atom. The largest absolute Gasteiger partial charge is 0.493 e. The smallest absolute Gasteiger partial charge is 0.416 e. The van der Waals surface area contributed by atoms with Gasteiger partial charge in [0.05, 0.1) is 30.7 Å². The zero-order chi connectivity index (χ0) is 26.4. The van der Waals surface area contributed by atoms with Crippen molar-refractivity contribution in [3.8, 4) is 11.5 Å². The molecule has 5 rings (SSSR count). The van der Waals surface area contributed by atoms with Crippen LogP contribution in [-0.4, -0.2) is 22.6 Å². The predicted octanol–water partition coefficient (Wildman–Crippen LogP) is 6.35. The molecule has 0 radical (unpaired) electrons. The second kappa shape index (κ2) is 9.33. The van der Waals surface area contributed by atoms with Crippen LogP contribution in [0.3, 0.4) is 0 Å². The molecular formula is C27H25F3N2O4S. The standard InChI is InChI=1S/C27H25F3N2O4S/c1-35-24-11-5-10-21(26(24)36-2)25-20-9-4-8-19(20)22-15-18(12-13-23(22)31-25)37(33,34)32-17-7-3-6-16(14-17)27(28,29)30/h3-8,10-15,19-20,25,31-32H,9H2,1-2H3/t19?,20?,25-/m1/s1. The summed E-state index contributed by atoms with van der Waals surface area (Å²) in [6.45, 7) is 0. The number of nitrogens with one attached hydrogen (secondary N) is 2. The van der Waals surface area contributed by atoms with Crippen molar-refractivity contribution in [1.29, 1.82) is 0 Å². The Balaban J connectivity index is 1.48. The summed E-state index contributed by atoms with van der Waals surface area (Å²) in [6, 6.07) is 14.5. The number of alkyl halides is 3. The van der Waals surface area contributed by atoms with Gasteiger partial charge in [-0.15, -0.1) is 0 Å². The molecule has 194 valence electrons. The summed E-state index contributed by atoms with van der Waals surface area (Å²) in [5, 5.41) is 3.55. The zero-order valence-corrected chi connectivity index (χ0v) is 20.9. The van der Waals surface area contributed by atoms with Gasteiger partial charge in [0, 0.05) is 22.9 Å². The molecule has 0 spiro atoms. The van der Waals surface area contributed by atoms with Gasteiger partial charge < -0.3 is 14.8 Å². The molecule has 1 aliphatic heterocycles. The number of allylic oxidation sites excluding steroid dienone is 2. The van der Waals surface area contributed by atoms with Gasteiger partial charge in [-0.3, -0.25) is 4.72 Å². The maximum absolute atomic E-state index is 13.1. The fraction of sp³-hybridized carbons (Fsp3) is 0.259. The highest BCUT2D eigenvalue weighted by Crippen LogP contribution is 2.52. The Kier molecular flexibility index (Phi) is 6.31. The number of para-hydroxylation sites is 1. The van der Waals surface area contributed by atoms with Gasteiger partial charge in [-0.05, 0) is 60.4 Å². The molecule has 0 fully saturated rings. The Morgan fingerprint density at radius 1 is 0.973 bits per heavy atom. The van der Waals surface area contributed by atoms with E-state index in [1.165, 1.54) is 18.2 Å². The molecule has 6 nitrogen and oxygen atoms in total. The lowest BCUT2D eigenvalue weighted by molar-refractivity contribution is -0.137. The minimum absolute atomic E-state index is 0.0260. The lowest BCUT2D eigenvalue weighted by Crippen LogP contribution is -2.29. The van der Waals surface area contributed by atoms with E-state index in [1.807, 2.05) is 18.2 Å². The first-order chi connectivity index (χ1) is 17.6. The molecule has 2 unspecified atom stereocenters. The number of halogens is 3. The van der Waals surface area contributed by atoms with E-state index >= 15 is 0 Å². The first-order valence-electron chi connectivity index (χ1n) is 11.6. The summed E-state index contributed by atoms with van der Waals surface area (Å²) in [4.78, 5) is -0.0260. The molecule has 37 heavy (non-hydrogen) atoms. The summed E-state index contributed by atoms with van der Waals surface area (Å²) < 4.78 is 78.9. The first-order valence-corrected chi connectivity index (χ1v) is 13.1. The fourth-order valence-electron chi connectivity index (χ4n) is 5.18. The van der Waals surface area contributed by atoms with Crippen LogP contribution in [0.4, 0.5) is 24.5 Å². The molecule has 1 heterocycles. The van der Waals surface area contributed by atoms with Gasteiger partial charge in [-0.2, -0.15) is 13.2 Å². The number of methoxy groups -OCH3 is 2. The van der Waals surface area contributed by atoms with Crippen molar-refractivity contribution in [1.82, 2.24) is 0 Å². The van der Waals surface area contributed by atoms with Gasteiger partial charge in [0.15, 0.2) is 11.5 Å². The summed E-state index contributed by atoms with van der Waals surface area (Å²) in [5.41, 5.74) is 1.44. The molecule has 3 aromatic carbocycles. The number of hydrogen-bond donors (Lipinski definition) is 2. The van der Waals surface area contributed by atoms with Gasteiger partial charge in [0.2, 0.25) is 0 Å². The quantitative estimate of drug-likeness (QED) is 0.363. The highest BCUT2D eigenvalue weighted by Gasteiger charge is 2.40. The minimum Gasteiger partial charge on any atom is -0.493 e. The molecule has 0 bridgehead atoms. The summed E-state index contributed by atoms with van der Waals surface area (Å²) in [6.07, 6.45) is 0.348. The van der Waals surface area contributed by atoms with Crippen LogP contribution in [0.2, 0.25) is 0 Å². The molecular weight excluding hydrogens is 505 g/mol. The normalized spacial score (nSPS) is 20.5. The first kappa shape index (κ1) is 25.0. The predicted molar refractivity (Wildman–Crippen MR) is 135 cm³/mol. The van der Waals surface area contributed by atoms with Gasteiger partial charge in [0.1, 0.15) is 0 Å². The third kappa shape index (κ3) is 4.61. The molecule has 0 aromatic heterocycles. The molecule has 3 atom stereocenters. The molecule has 3 aromatic rings. The van der Waals surface area contributed by atoms with Crippen molar-refractivity contribution in [3.05, 3.63) is 89.5 Å². The number of fused-ring (bicyclic) bond motifs is 3. The van der Waals surface area contributed by atoms with E-state index in [1.54, 1.807) is 26.4 Å². The Bertz CT molecular complexity index is 1470. The molecule has 0 amide bonds. The summed E-state index contributed by atoms with van der Waals surface area (Å²) >= 11 is 0. The van der Waals surface area contributed by atoms with Gasteiger partial charge in [-0.25, -0.2) is 8.42 Å². The zero-order valence-electron chi connectivity index (χ0n) is 20.0. The van der Waals surface area contributed by atoms with Gasteiger partial charge in [0.25, 0.3) is 10.0 Å². The Labute approximate surface area is 213 Å². The molecule has 0 saturated heterocycles. The van der Waals surface area contributed by atoms with Gasteiger partial charge in [-0.1, -0.05) is 30.4 Å². The van der Waals surface area contributed by atoms with Gasteiger partial charge >= 0.3 is 6.18 Å². The number of benzene rings is 3. The second-order valence-corrected chi connectivity index (χ2v) is 10.7. The number of hydrogen-bond acceptors (Lipinski definition) is 5. The summed E-state index contributed by atoms with van der Waals surface area (Å²) in [5.74, 6) is 1.31. The van der Waals surface area contributed by atoms with E-state index < -0.39 is 21.8 Å². The average Bonchev–Trinajstić information content (AvgIpc) is 3.37. The van der Waals surface area contributed by atoms with Crippen molar-refractivity contribution >= 4 is 21.4 Å². The van der Waals surface area contributed by atoms with Crippen LogP contribution in [0.25, 0.3) is 0 Å². The van der Waals surface area contributed by atoms with E-state index in [0.717, 1.165) is 35.4 Å². The number of rotatable bonds is 6. The third-order valence-corrected chi connectivity index (χ3v) is 8.23. The maximum atomic E-state index is 13.1. The van der Waals surface area contributed by atoms with E-state index in [9.17, 15) is 21.6 Å². The minimum atomic E-state index is -4.58. The van der Waals surface area contributed by atoms with E-state index in [0.29, 0.717) is 11.5 Å². The van der Waals surface area contributed by atoms with Crippen molar-refractivity contribution in [2.24, 2.45) is 5.92 Å². The highest BCUT2D eigenvalue weighted by atomic mass is 32.2. The highest BCUT2D eigenvalue weighted by molar-refractivity contribution is 7.92. The molecule has 2 N–H and O–H groups in total. The van der Waals surface area contributed by atoms with Crippen molar-refractivity contribution in [2.45, 2.75) is 29.5 Å². The molecule has 10 heteroatoms. The van der Waals surface area contributed by atoms with Crippen LogP contribution in [0.5, 0.6) is 11.5 Å². The number of ether oxygens (including phenoxy) is 2. The summed E-state index contributed by atoms with van der Waals surface area (Å²) in [7, 11) is -0.951. The van der Waals surface area contributed by atoms with E-state index in [-0.39, 0.29) is 28.5 Å². The van der Waals surface area contributed by atoms with Crippen LogP contribution in [0.15, 0.2) is 77.7 Å². The Morgan fingerprint density at radius 3 is 2.49 bits per heavy atom. The Hall–Kier alpha value is -3.66. The SMILES string of the molecule is COc1cccc([C@@H]2Nc3ccc(S(=O)(=O)Nc4cccc(C(F)(F)F)c4)cc3C3C=CCC32)c1OC. The van der Waals surface area contributed by atoms with Crippen LogP contribution in [0.1, 0.15) is 35.1 Å². The van der Waals surface area contributed by atoms with Crippen molar-refractivity contribution < 1.29 is 31.1 Å². The molecule has 1 aliphatic carbocycles. The number of sulfonamides is 1. The lowest BCUT2D eigenvalue weighted by Gasteiger charge is -2.38. The van der Waals surface area contributed by atoms with Crippen LogP contribution in [0, 0.1) is 5.92 Å². The fourth-order valence-corrected chi connectivity index (χ4v) is 6.26. The lowest BCUT2D eigenvalue weighted by atomic mass is 9.77. The number of anilines is 2. The molecule has 2 aliphatic rings. The van der Waals surface area contributed by atoms with Crippen LogP contribution in [-0.2, 0) is 16.2 Å². The van der Waals surface area contributed by atoms with Crippen molar-refractivity contribution in [3.63, 3.8) is 0 Å². The maximum Gasteiger partial charge on any atom is 0.416 e. The van der Waals surface area contributed by atoms with E-state index in [4.69, 9.17) is 9.47 Å². The van der Waals surface area contributed by atoms with Crippen LogP contribution >= 0.6 is 0 Å². The third-order valence-electron chi connectivity index (χ3n) is 6.86.